The van der Waals surface area contributed by atoms with Crippen LogP contribution in [0.25, 0.3) is 0 Å². The van der Waals surface area contributed by atoms with Crippen LogP contribution in [-0.2, 0) is 4.79 Å². The fourth-order valence-corrected chi connectivity index (χ4v) is 0.746. The molecule has 0 aliphatic carbocycles. The predicted octanol–water partition coefficient (Wildman–Crippen LogP) is 1.57. The topological polar surface area (TPSA) is 63.3 Å². The number of hydrogen-bond acceptors (Lipinski definition) is 2. The first kappa shape index (κ1) is 14.0. The number of carboxylic acid groups (broad SMARTS) is 1. The van der Waals surface area contributed by atoms with E-state index in [1.165, 1.54) is 0 Å². The summed E-state index contributed by atoms with van der Waals surface area (Å²) < 4.78 is 0. The Labute approximate surface area is 79.1 Å². The van der Waals surface area contributed by atoms with Crippen LogP contribution in [0.15, 0.2) is 12.2 Å². The molecule has 0 rings (SSSR count). The fraction of sp³-hybridized carbons (Fsp3) is 0.625. The van der Waals surface area contributed by atoms with E-state index in [0.29, 0.717) is 6.42 Å². The van der Waals surface area contributed by atoms with Crippen molar-refractivity contribution in [2.45, 2.75) is 32.2 Å². The monoisotopic (exact) mass is 193 g/mol. The quantitative estimate of drug-likeness (QED) is 0.515. The van der Waals surface area contributed by atoms with Gasteiger partial charge in [0, 0.05) is 0 Å². The number of nitrogens with two attached hydrogens (primary N) is 1. The van der Waals surface area contributed by atoms with Crippen LogP contribution in [0.2, 0.25) is 0 Å². The summed E-state index contributed by atoms with van der Waals surface area (Å²) in [6.07, 6.45) is 6.27. The van der Waals surface area contributed by atoms with Gasteiger partial charge in [0.25, 0.3) is 0 Å². The van der Waals surface area contributed by atoms with E-state index < -0.39 is 12.0 Å². The zero-order valence-electron chi connectivity index (χ0n) is 7.19. The first-order valence-corrected chi connectivity index (χ1v) is 3.78. The summed E-state index contributed by atoms with van der Waals surface area (Å²) in [5.41, 5.74) is 5.28. The second kappa shape index (κ2) is 8.56. The third kappa shape index (κ3) is 7.57. The number of hydrogen-bond donors (Lipinski definition) is 2. The first-order valence-electron chi connectivity index (χ1n) is 3.78. The Balaban J connectivity index is 0. The first-order chi connectivity index (χ1) is 5.18. The number of rotatable bonds is 5. The van der Waals surface area contributed by atoms with Gasteiger partial charge in [-0.2, -0.15) is 0 Å². The third-order valence-corrected chi connectivity index (χ3v) is 1.44. The highest BCUT2D eigenvalue weighted by atomic mass is 35.5. The van der Waals surface area contributed by atoms with Gasteiger partial charge in [-0.05, 0) is 26.2 Å². The minimum Gasteiger partial charge on any atom is -0.480 e. The van der Waals surface area contributed by atoms with Crippen molar-refractivity contribution in [3.8, 4) is 0 Å². The Hall–Kier alpha value is -0.540. The predicted molar refractivity (Wildman–Crippen MR) is 51.5 cm³/mol. The highest BCUT2D eigenvalue weighted by Crippen LogP contribution is 1.99. The lowest BCUT2D eigenvalue weighted by molar-refractivity contribution is -0.138. The fourth-order valence-electron chi connectivity index (χ4n) is 0.746. The van der Waals surface area contributed by atoms with Gasteiger partial charge in [0.2, 0.25) is 0 Å². The molecule has 0 amide bonds. The normalized spacial score (nSPS) is 12.5. The molecule has 0 radical (unpaired) electrons. The van der Waals surface area contributed by atoms with Gasteiger partial charge in [-0.3, -0.25) is 4.79 Å². The van der Waals surface area contributed by atoms with Crippen LogP contribution < -0.4 is 5.73 Å². The van der Waals surface area contributed by atoms with E-state index in [-0.39, 0.29) is 12.4 Å². The summed E-state index contributed by atoms with van der Waals surface area (Å²) in [5, 5.41) is 8.40. The van der Waals surface area contributed by atoms with E-state index in [1.807, 2.05) is 19.1 Å². The largest absolute Gasteiger partial charge is 0.480 e. The zero-order valence-corrected chi connectivity index (χ0v) is 8.01. The van der Waals surface area contributed by atoms with Crippen molar-refractivity contribution in [3.63, 3.8) is 0 Å². The summed E-state index contributed by atoms with van der Waals surface area (Å²) in [7, 11) is 0. The third-order valence-electron chi connectivity index (χ3n) is 1.44. The maximum Gasteiger partial charge on any atom is 0.320 e. The van der Waals surface area contributed by atoms with Gasteiger partial charge in [0.1, 0.15) is 6.04 Å². The summed E-state index contributed by atoms with van der Waals surface area (Å²) in [5.74, 6) is -0.912. The lowest BCUT2D eigenvalue weighted by atomic mass is 10.1. The highest BCUT2D eigenvalue weighted by Gasteiger charge is 2.08. The highest BCUT2D eigenvalue weighted by molar-refractivity contribution is 5.85. The zero-order chi connectivity index (χ0) is 8.69. The van der Waals surface area contributed by atoms with E-state index in [4.69, 9.17) is 10.8 Å². The van der Waals surface area contributed by atoms with Gasteiger partial charge < -0.3 is 10.8 Å². The molecule has 0 saturated carbocycles. The number of unbranched alkanes of at least 4 members (excludes halogenated alkanes) is 1. The molecule has 72 valence electrons. The smallest absolute Gasteiger partial charge is 0.320 e. The molecular formula is C8H16ClNO2. The van der Waals surface area contributed by atoms with E-state index in [2.05, 4.69) is 0 Å². The number of carbonyl (C=O) groups is 1. The van der Waals surface area contributed by atoms with Gasteiger partial charge in [0.05, 0.1) is 0 Å². The van der Waals surface area contributed by atoms with Gasteiger partial charge in [0.15, 0.2) is 0 Å². The van der Waals surface area contributed by atoms with Crippen LogP contribution >= 0.6 is 12.4 Å². The van der Waals surface area contributed by atoms with Crippen LogP contribution in [0.3, 0.4) is 0 Å². The molecule has 0 unspecified atom stereocenters. The van der Waals surface area contributed by atoms with E-state index in [1.54, 1.807) is 0 Å². The van der Waals surface area contributed by atoms with Crippen LogP contribution in [0.5, 0.6) is 0 Å². The Morgan fingerprint density at radius 1 is 1.67 bits per heavy atom. The van der Waals surface area contributed by atoms with Crippen molar-refractivity contribution in [2.75, 3.05) is 0 Å². The van der Waals surface area contributed by atoms with E-state index >= 15 is 0 Å². The van der Waals surface area contributed by atoms with E-state index in [0.717, 1.165) is 12.8 Å². The van der Waals surface area contributed by atoms with Gasteiger partial charge in [-0.1, -0.05) is 12.2 Å². The van der Waals surface area contributed by atoms with Crippen molar-refractivity contribution in [3.05, 3.63) is 12.2 Å². The molecule has 3 N–H and O–H groups in total. The van der Waals surface area contributed by atoms with Crippen LogP contribution in [-0.4, -0.2) is 17.1 Å². The van der Waals surface area contributed by atoms with Crippen molar-refractivity contribution in [2.24, 2.45) is 5.73 Å². The van der Waals surface area contributed by atoms with Gasteiger partial charge >= 0.3 is 5.97 Å². The molecule has 4 heteroatoms. The summed E-state index contributed by atoms with van der Waals surface area (Å²) in [6, 6.07) is -0.694. The molecule has 3 nitrogen and oxygen atoms in total. The molecule has 0 heterocycles. The molecule has 0 aliphatic heterocycles. The molecule has 12 heavy (non-hydrogen) atoms. The molecule has 0 saturated heterocycles. The summed E-state index contributed by atoms with van der Waals surface area (Å²) >= 11 is 0. The van der Waals surface area contributed by atoms with Gasteiger partial charge in [-0.25, -0.2) is 0 Å². The number of carboxylic acids is 1. The molecule has 0 aromatic carbocycles. The second-order valence-corrected chi connectivity index (χ2v) is 2.44. The maximum atomic E-state index is 10.2. The summed E-state index contributed by atoms with van der Waals surface area (Å²) in [6.45, 7) is 1.94. The number of aliphatic carboxylic acids is 1. The molecule has 0 bridgehead atoms. The molecular weight excluding hydrogens is 178 g/mol. The molecule has 0 aliphatic rings. The molecule has 0 aromatic heterocycles. The number of halogens is 1. The SMILES string of the molecule is C/C=C/CCC[C@H](N)C(=O)O.Cl. The van der Waals surface area contributed by atoms with Crippen LogP contribution in [0, 0.1) is 0 Å². The average molecular weight is 194 g/mol. The minimum absolute atomic E-state index is 0. The summed E-state index contributed by atoms with van der Waals surface area (Å²) in [4.78, 5) is 10.2. The van der Waals surface area contributed by atoms with Crippen LogP contribution in [0.1, 0.15) is 26.2 Å². The molecule has 0 aromatic rings. The van der Waals surface area contributed by atoms with Gasteiger partial charge in [-0.15, -0.1) is 12.4 Å². The maximum absolute atomic E-state index is 10.2. The molecule has 0 spiro atoms. The Kier molecular flexibility index (Phi) is 9.99. The molecule has 1 atom stereocenters. The van der Waals surface area contributed by atoms with Crippen molar-refractivity contribution in [1.82, 2.24) is 0 Å². The Bertz CT molecular complexity index is 148. The van der Waals surface area contributed by atoms with Crippen molar-refractivity contribution < 1.29 is 9.90 Å². The van der Waals surface area contributed by atoms with E-state index in [9.17, 15) is 4.79 Å². The number of allylic oxidation sites excluding steroid dienone is 2. The van der Waals surface area contributed by atoms with Crippen LogP contribution in [0.4, 0.5) is 0 Å². The Morgan fingerprint density at radius 3 is 2.67 bits per heavy atom. The minimum atomic E-state index is -0.912. The average Bonchev–Trinajstić information content (AvgIpc) is 1.97. The lowest BCUT2D eigenvalue weighted by Crippen LogP contribution is -2.29. The lowest BCUT2D eigenvalue weighted by Gasteiger charge is -2.02. The second-order valence-electron chi connectivity index (χ2n) is 2.44. The Morgan fingerprint density at radius 2 is 2.25 bits per heavy atom. The molecule has 0 fully saturated rings. The standard InChI is InChI=1S/C8H15NO2.ClH/c1-2-3-4-5-6-7(9)8(10)11;/h2-3,7H,4-6,9H2,1H3,(H,10,11);1H/b3-2+;/t7-;/m0./s1. The van der Waals surface area contributed by atoms with Crippen molar-refractivity contribution >= 4 is 18.4 Å². The van der Waals surface area contributed by atoms with Crippen molar-refractivity contribution in [1.29, 1.82) is 0 Å².